The van der Waals surface area contributed by atoms with E-state index in [4.69, 9.17) is 4.42 Å². The summed E-state index contributed by atoms with van der Waals surface area (Å²) in [5.74, 6) is 4.07. The van der Waals surface area contributed by atoms with Gasteiger partial charge in [0, 0.05) is 23.3 Å². The molecule has 0 unspecified atom stereocenters. The average molecular weight is 371 g/mol. The fraction of sp³-hybridized carbons (Fsp3) is 0.579. The van der Waals surface area contributed by atoms with Crippen molar-refractivity contribution in [2.24, 2.45) is 17.8 Å². The molecular weight excluding hydrogens is 350 g/mol. The molecule has 0 atom stereocenters. The van der Waals surface area contributed by atoms with Gasteiger partial charge in [-0.05, 0) is 61.8 Å². The van der Waals surface area contributed by atoms with Crippen molar-refractivity contribution in [3.05, 3.63) is 45.8 Å². The lowest BCUT2D eigenvalue weighted by Gasteiger charge is -2.55. The van der Waals surface area contributed by atoms with Crippen LogP contribution in [0.5, 0.6) is 0 Å². The quantitative estimate of drug-likeness (QED) is 0.429. The van der Waals surface area contributed by atoms with Crippen LogP contribution in [0.2, 0.25) is 0 Å². The second-order valence-electron chi connectivity index (χ2n) is 8.28. The van der Waals surface area contributed by atoms with Crippen molar-refractivity contribution in [3.63, 3.8) is 0 Å². The van der Waals surface area contributed by atoms with Gasteiger partial charge in [-0.1, -0.05) is 23.9 Å². The Labute approximate surface area is 155 Å². The van der Waals surface area contributed by atoms with Crippen LogP contribution in [0, 0.1) is 27.9 Å². The van der Waals surface area contributed by atoms with E-state index in [1.807, 2.05) is 0 Å². The largest absolute Gasteiger partial charge is 0.415 e. The highest BCUT2D eigenvalue weighted by atomic mass is 32.2. The molecule has 4 saturated carbocycles. The Bertz CT molecular complexity index is 798. The third-order valence-electron chi connectivity index (χ3n) is 6.41. The first-order valence-electron chi connectivity index (χ1n) is 9.30. The van der Waals surface area contributed by atoms with Crippen LogP contribution in [0.15, 0.2) is 33.9 Å². The second-order valence-corrected chi connectivity index (χ2v) is 9.21. The van der Waals surface area contributed by atoms with E-state index in [0.717, 1.165) is 29.2 Å². The maximum Gasteiger partial charge on any atom is 0.276 e. The molecule has 1 aromatic heterocycles. The van der Waals surface area contributed by atoms with Gasteiger partial charge in [-0.25, -0.2) is 0 Å². The third kappa shape index (κ3) is 2.82. The van der Waals surface area contributed by atoms with Crippen molar-refractivity contribution in [2.45, 2.75) is 54.9 Å². The smallest absolute Gasteiger partial charge is 0.276 e. The van der Waals surface area contributed by atoms with Crippen molar-refractivity contribution < 1.29 is 9.34 Å². The van der Waals surface area contributed by atoms with Crippen molar-refractivity contribution in [1.82, 2.24) is 10.2 Å². The molecule has 26 heavy (non-hydrogen) atoms. The number of nitro benzene ring substituents is 1. The summed E-state index contributed by atoms with van der Waals surface area (Å²) >= 11 is 1.50. The lowest BCUT2D eigenvalue weighted by Crippen LogP contribution is -2.48. The van der Waals surface area contributed by atoms with Gasteiger partial charge in [-0.3, -0.25) is 10.1 Å². The summed E-state index contributed by atoms with van der Waals surface area (Å²) in [5, 5.41) is 20.0. The maximum absolute atomic E-state index is 10.7. The van der Waals surface area contributed by atoms with Gasteiger partial charge < -0.3 is 4.42 Å². The van der Waals surface area contributed by atoms with Gasteiger partial charge in [0.15, 0.2) is 0 Å². The number of aromatic nitrogens is 2. The van der Waals surface area contributed by atoms with E-state index in [0.29, 0.717) is 11.0 Å². The molecule has 4 aliphatic carbocycles. The molecule has 0 amide bonds. The van der Waals surface area contributed by atoms with Crippen LogP contribution in [-0.4, -0.2) is 15.1 Å². The summed E-state index contributed by atoms with van der Waals surface area (Å²) in [4.78, 5) is 10.3. The molecule has 4 aliphatic rings. The van der Waals surface area contributed by atoms with Gasteiger partial charge in [-0.15, -0.1) is 10.2 Å². The predicted octanol–water partition coefficient (Wildman–Crippen LogP) is 4.74. The highest BCUT2D eigenvalue weighted by Crippen LogP contribution is 2.60. The lowest BCUT2D eigenvalue weighted by molar-refractivity contribution is -0.384. The Kier molecular flexibility index (Phi) is 3.81. The Morgan fingerprint density at radius 2 is 1.69 bits per heavy atom. The van der Waals surface area contributed by atoms with E-state index < -0.39 is 0 Å². The van der Waals surface area contributed by atoms with E-state index in [2.05, 4.69) is 10.2 Å². The number of non-ortho nitro benzene ring substituents is 1. The number of rotatable bonds is 5. The first kappa shape index (κ1) is 16.3. The number of nitro groups is 1. The number of thioether (sulfide) groups is 1. The minimum Gasteiger partial charge on any atom is -0.415 e. The summed E-state index contributed by atoms with van der Waals surface area (Å²) in [5.41, 5.74) is 1.25. The van der Waals surface area contributed by atoms with Crippen LogP contribution in [0.1, 0.15) is 50.0 Å². The summed E-state index contributed by atoms with van der Waals surface area (Å²) in [7, 11) is 0. The first-order valence-corrected chi connectivity index (χ1v) is 10.3. The van der Waals surface area contributed by atoms with Gasteiger partial charge in [-0.2, -0.15) is 0 Å². The molecule has 4 fully saturated rings. The van der Waals surface area contributed by atoms with Crippen LogP contribution in [0.4, 0.5) is 5.69 Å². The average Bonchev–Trinajstić information content (AvgIpc) is 3.09. The van der Waals surface area contributed by atoms with E-state index in [-0.39, 0.29) is 16.0 Å². The van der Waals surface area contributed by atoms with Crippen molar-refractivity contribution in [3.8, 4) is 0 Å². The molecule has 1 heterocycles. The zero-order valence-electron chi connectivity index (χ0n) is 14.5. The minimum absolute atomic E-state index is 0.112. The topological polar surface area (TPSA) is 82.1 Å². The summed E-state index contributed by atoms with van der Waals surface area (Å²) in [6, 6.07) is 6.62. The van der Waals surface area contributed by atoms with E-state index in [9.17, 15) is 10.1 Å². The SMILES string of the molecule is O=[N+]([O-])c1ccc(CSc2nnc(C34CC5CC(CC(C5)C3)C4)o2)cc1. The lowest BCUT2D eigenvalue weighted by atomic mass is 9.49. The molecule has 0 saturated heterocycles. The Hall–Kier alpha value is -1.89. The summed E-state index contributed by atoms with van der Waals surface area (Å²) in [6.07, 6.45) is 7.84. The van der Waals surface area contributed by atoms with Gasteiger partial charge in [0.1, 0.15) is 0 Å². The molecule has 0 spiro atoms. The summed E-state index contributed by atoms with van der Waals surface area (Å²) < 4.78 is 6.08. The van der Waals surface area contributed by atoms with Crippen LogP contribution >= 0.6 is 11.8 Å². The Balaban J connectivity index is 1.28. The predicted molar refractivity (Wildman–Crippen MR) is 96.8 cm³/mol. The number of hydrogen-bond acceptors (Lipinski definition) is 6. The Morgan fingerprint density at radius 3 is 2.27 bits per heavy atom. The van der Waals surface area contributed by atoms with Gasteiger partial charge in [0.2, 0.25) is 5.89 Å². The molecular formula is C19H21N3O3S. The normalized spacial score (nSPS) is 32.1. The Morgan fingerprint density at radius 1 is 1.08 bits per heavy atom. The van der Waals surface area contributed by atoms with Gasteiger partial charge >= 0.3 is 0 Å². The van der Waals surface area contributed by atoms with Crippen molar-refractivity contribution in [2.75, 3.05) is 0 Å². The molecule has 4 bridgehead atoms. The molecule has 6 nitrogen and oxygen atoms in total. The monoisotopic (exact) mass is 371 g/mol. The van der Waals surface area contributed by atoms with Gasteiger partial charge in [0.05, 0.1) is 4.92 Å². The number of benzene rings is 1. The van der Waals surface area contributed by atoms with Crippen molar-refractivity contribution in [1.29, 1.82) is 0 Å². The fourth-order valence-electron chi connectivity index (χ4n) is 5.71. The highest BCUT2D eigenvalue weighted by molar-refractivity contribution is 7.98. The van der Waals surface area contributed by atoms with E-state index >= 15 is 0 Å². The molecule has 136 valence electrons. The van der Waals surface area contributed by atoms with Crippen LogP contribution in [0.3, 0.4) is 0 Å². The number of nitrogens with zero attached hydrogens (tertiary/aromatic N) is 3. The minimum atomic E-state index is -0.382. The maximum atomic E-state index is 10.7. The van der Waals surface area contributed by atoms with Crippen LogP contribution in [-0.2, 0) is 11.2 Å². The molecule has 0 N–H and O–H groups in total. The van der Waals surface area contributed by atoms with Crippen LogP contribution < -0.4 is 0 Å². The molecule has 7 heteroatoms. The zero-order chi connectivity index (χ0) is 17.7. The van der Waals surface area contributed by atoms with Crippen molar-refractivity contribution >= 4 is 17.4 Å². The second kappa shape index (κ2) is 6.08. The van der Waals surface area contributed by atoms with E-state index in [1.165, 1.54) is 62.4 Å². The number of hydrogen-bond donors (Lipinski definition) is 0. The highest BCUT2D eigenvalue weighted by Gasteiger charge is 2.54. The molecule has 6 rings (SSSR count). The van der Waals surface area contributed by atoms with Crippen LogP contribution in [0.25, 0.3) is 0 Å². The zero-order valence-corrected chi connectivity index (χ0v) is 15.3. The van der Waals surface area contributed by atoms with Gasteiger partial charge in [0.25, 0.3) is 10.9 Å². The standard InChI is InChI=1S/C19H21N3O3S/c23-22(24)16-3-1-12(2-4-16)11-26-18-21-20-17(25-18)19-8-13-5-14(9-19)7-15(6-13)10-19/h1-4,13-15H,5-11H2. The van der Waals surface area contributed by atoms with E-state index in [1.54, 1.807) is 12.1 Å². The molecule has 0 radical (unpaired) electrons. The third-order valence-corrected chi connectivity index (χ3v) is 7.30. The molecule has 2 aromatic rings. The molecule has 0 aliphatic heterocycles. The fourth-order valence-corrected chi connectivity index (χ4v) is 6.43. The molecule has 1 aromatic carbocycles. The summed E-state index contributed by atoms with van der Waals surface area (Å²) in [6.45, 7) is 0. The first-order chi connectivity index (χ1) is 12.6.